The topological polar surface area (TPSA) is 114 Å². The number of carbonyl (C=O) groups excluding carboxylic acids is 1. The molecule has 0 fully saturated rings. The third-order valence-corrected chi connectivity index (χ3v) is 2.72. The van der Waals surface area contributed by atoms with Crippen LogP contribution in [0, 0.1) is 0 Å². The van der Waals surface area contributed by atoms with Crippen molar-refractivity contribution in [3.8, 4) is 0 Å². The number of aldehydes is 1. The molecule has 0 aromatic heterocycles. The maximum absolute atomic E-state index is 10.1. The second-order valence-electron chi connectivity index (χ2n) is 2.29. The van der Waals surface area contributed by atoms with Crippen LogP contribution in [0.5, 0.6) is 0 Å². The minimum atomic E-state index is -5.07. The van der Waals surface area contributed by atoms with Crippen molar-refractivity contribution >= 4 is 37.1 Å². The molecule has 1 rings (SSSR count). The quantitative estimate of drug-likeness (QED) is 0.176. The van der Waals surface area contributed by atoms with Crippen LogP contribution in [0.3, 0.4) is 0 Å². The number of hydrogen-bond donors (Lipinski definition) is 0. The normalized spacial score (nSPS) is 10.8. The molecule has 0 spiro atoms. The zero-order valence-corrected chi connectivity index (χ0v) is 15.9. The van der Waals surface area contributed by atoms with Crippen molar-refractivity contribution in [1.82, 2.24) is 0 Å². The zero-order valence-electron chi connectivity index (χ0n) is 9.53. The van der Waals surface area contributed by atoms with Gasteiger partial charge in [-0.25, -0.2) is 8.42 Å². The van der Waals surface area contributed by atoms with Gasteiger partial charge in [0.2, 0.25) is 0 Å². The Morgan fingerprint density at radius 1 is 1.28 bits per heavy atom. The Bertz CT molecular complexity index is 492. The Morgan fingerprint density at radius 2 is 1.72 bits per heavy atom. The summed E-state index contributed by atoms with van der Waals surface area (Å²) in [5.74, 6) is 0. The second kappa shape index (κ2) is 12.0. The van der Waals surface area contributed by atoms with E-state index in [0.717, 1.165) is 6.29 Å². The van der Waals surface area contributed by atoms with Crippen LogP contribution >= 0.6 is 11.6 Å². The van der Waals surface area contributed by atoms with Crippen molar-refractivity contribution in [1.29, 1.82) is 0 Å². The van der Waals surface area contributed by atoms with E-state index in [1.54, 1.807) is 24.3 Å². The molecule has 0 aliphatic carbocycles. The fourth-order valence-corrected chi connectivity index (χ4v) is 0.779. The van der Waals surface area contributed by atoms with Crippen molar-refractivity contribution in [3.05, 3.63) is 34.9 Å². The van der Waals surface area contributed by atoms with Gasteiger partial charge in [-0.3, -0.25) is 9.00 Å². The Labute approximate surface area is 155 Å². The minimum Gasteiger partial charge on any atom is -0.761 e. The average molecular weight is 331 g/mol. The first-order valence-electron chi connectivity index (χ1n) is 3.53. The first kappa shape index (κ1) is 24.2. The van der Waals surface area contributed by atoms with Crippen molar-refractivity contribution in [2.75, 3.05) is 0 Å². The summed E-state index contributed by atoms with van der Waals surface area (Å²) in [6.07, 6.45) is 0.770. The van der Waals surface area contributed by atoms with Crippen molar-refractivity contribution in [3.63, 3.8) is 0 Å². The van der Waals surface area contributed by atoms with Crippen LogP contribution in [0.15, 0.2) is 24.3 Å². The van der Waals surface area contributed by atoms with Gasteiger partial charge in [-0.1, -0.05) is 23.7 Å². The maximum atomic E-state index is 10.1. The van der Waals surface area contributed by atoms with E-state index >= 15 is 0 Å². The number of benzene rings is 1. The van der Waals surface area contributed by atoms with Crippen molar-refractivity contribution < 1.29 is 85.6 Å². The van der Waals surface area contributed by atoms with Gasteiger partial charge in [0.05, 0.1) is 10.1 Å². The summed E-state index contributed by atoms with van der Waals surface area (Å²) in [7, 11) is -8.59. The van der Waals surface area contributed by atoms with Gasteiger partial charge in [-0.2, -0.15) is 0 Å². The van der Waals surface area contributed by atoms with E-state index < -0.39 is 19.3 Å². The smallest absolute Gasteiger partial charge is 0.761 e. The molecule has 18 heavy (non-hydrogen) atoms. The van der Waals surface area contributed by atoms with Gasteiger partial charge in [0, 0.05) is 10.6 Å². The molecule has 0 aliphatic rings. The molecule has 90 valence electrons. The summed E-state index contributed by atoms with van der Waals surface area (Å²) in [6, 6.07) is 6.80. The fourth-order valence-electron chi connectivity index (χ4n) is 0.580. The molecule has 0 N–H and O–H groups in total. The summed E-state index contributed by atoms with van der Waals surface area (Å²) in [5, 5.41) is 0.597. The molecule has 0 bridgehead atoms. The molecule has 0 saturated carbocycles. The van der Waals surface area contributed by atoms with Crippen LogP contribution in [0.1, 0.15) is 10.4 Å². The molecule has 1 aromatic carbocycles. The van der Waals surface area contributed by atoms with Gasteiger partial charge in [0.15, 0.2) is 9.15 Å². The zero-order chi connectivity index (χ0) is 12.8. The van der Waals surface area contributed by atoms with Gasteiger partial charge < -0.3 is 9.11 Å². The van der Waals surface area contributed by atoms with Crippen molar-refractivity contribution in [2.24, 2.45) is 0 Å². The predicted octanol–water partition coefficient (Wildman–Crippen LogP) is -5.51. The van der Waals surface area contributed by atoms with E-state index in [2.05, 4.69) is 0 Å². The van der Waals surface area contributed by atoms with Gasteiger partial charge in [0.25, 0.3) is 0 Å². The molecule has 1 aromatic rings. The molecule has 11 heteroatoms. The SMILES string of the molecule is O=Cc1cccc(Cl)c1.O=S([O-])S(=O)(=O)[O-].[Na+].[Na+]. The molecule has 6 nitrogen and oxygen atoms in total. The van der Waals surface area contributed by atoms with E-state index in [1.165, 1.54) is 0 Å². The third kappa shape index (κ3) is 12.2. The number of carbonyl (C=O) groups is 1. The van der Waals surface area contributed by atoms with Gasteiger partial charge in [0.1, 0.15) is 6.29 Å². The number of halogens is 1. The third-order valence-electron chi connectivity index (χ3n) is 1.15. The molecule has 0 heterocycles. The fraction of sp³-hybridized carbons (Fsp3) is 0. The standard InChI is InChI=1S/C7H5ClO.2Na.H2O5S2/c8-7-3-1-2-6(4-7)5-9;;;1-6(2)7(3,4)5/h1-5H;;;(H,1,2)(H,3,4,5)/q;2*+1;/p-2. The Balaban J connectivity index is -0.000000232. The second-order valence-corrected chi connectivity index (χ2v) is 5.99. The monoisotopic (exact) mass is 330 g/mol. The van der Waals surface area contributed by atoms with Crippen LogP contribution < -0.4 is 59.1 Å². The van der Waals surface area contributed by atoms with E-state index in [4.69, 9.17) is 33.3 Å². The van der Waals surface area contributed by atoms with Crippen LogP contribution in [0.4, 0.5) is 0 Å². The molecule has 1 unspecified atom stereocenters. The minimum absolute atomic E-state index is 0. The molecule has 0 aliphatic heterocycles. The largest absolute Gasteiger partial charge is 1.00 e. The summed E-state index contributed by atoms with van der Waals surface area (Å²) < 4.78 is 45.7. The van der Waals surface area contributed by atoms with Crippen LogP contribution in [0.25, 0.3) is 0 Å². The van der Waals surface area contributed by atoms with Gasteiger partial charge in [-0.05, 0) is 12.1 Å². The van der Waals surface area contributed by atoms with E-state index in [1.807, 2.05) is 0 Å². The van der Waals surface area contributed by atoms with Gasteiger partial charge in [-0.15, -0.1) is 0 Å². The van der Waals surface area contributed by atoms with E-state index in [0.29, 0.717) is 10.6 Å². The van der Waals surface area contributed by atoms with Crippen LogP contribution in [-0.2, 0) is 19.3 Å². The molecule has 0 amide bonds. The van der Waals surface area contributed by atoms with E-state index in [9.17, 15) is 4.79 Å². The maximum Gasteiger partial charge on any atom is 1.00 e. The van der Waals surface area contributed by atoms with E-state index in [-0.39, 0.29) is 59.1 Å². The summed E-state index contributed by atoms with van der Waals surface area (Å²) in [4.78, 5) is 10.1. The summed E-state index contributed by atoms with van der Waals surface area (Å²) >= 11 is 5.56. The summed E-state index contributed by atoms with van der Waals surface area (Å²) in [5.41, 5.74) is 0.613. The molecule has 1 atom stereocenters. The van der Waals surface area contributed by atoms with Crippen LogP contribution in [0.2, 0.25) is 5.02 Å². The molecule has 0 saturated heterocycles. The molecule has 0 radical (unpaired) electrons. The first-order chi connectivity index (χ1) is 7.27. The Morgan fingerprint density at radius 3 is 1.94 bits per heavy atom. The summed E-state index contributed by atoms with van der Waals surface area (Å²) in [6.45, 7) is 0. The Hall–Kier alpha value is 1.20. The number of hydrogen-bond acceptors (Lipinski definition) is 6. The molecular weight excluding hydrogens is 326 g/mol. The average Bonchev–Trinajstić information content (AvgIpc) is 2.17. The van der Waals surface area contributed by atoms with Crippen molar-refractivity contribution in [2.45, 2.75) is 0 Å². The van der Waals surface area contributed by atoms with Crippen LogP contribution in [-0.4, -0.2) is 28.0 Å². The Kier molecular flexibility index (Phi) is 16.1. The van der Waals surface area contributed by atoms with Gasteiger partial charge >= 0.3 is 59.1 Å². The predicted molar refractivity (Wildman–Crippen MR) is 55.5 cm³/mol. The molecular formula is C7H5ClNa2O6S2. The first-order valence-corrected chi connectivity index (χ1v) is 6.91. The number of rotatable bonds is 2.